The lowest BCUT2D eigenvalue weighted by Crippen LogP contribution is -2.18. The molecule has 32 heavy (non-hydrogen) atoms. The summed E-state index contributed by atoms with van der Waals surface area (Å²) in [5.41, 5.74) is 18.0. The van der Waals surface area contributed by atoms with E-state index >= 15 is 0 Å². The predicted molar refractivity (Wildman–Crippen MR) is 125 cm³/mol. The largest absolute Gasteiger partial charge is 0.400 e. The molecule has 0 amide bonds. The van der Waals surface area contributed by atoms with Gasteiger partial charge in [-0.3, -0.25) is 4.98 Å². The van der Waals surface area contributed by atoms with E-state index < -0.39 is 5.82 Å². The number of halogens is 2. The molecule has 1 aromatic carbocycles. The molecule has 0 spiro atoms. The second-order valence-corrected chi connectivity index (χ2v) is 8.08. The van der Waals surface area contributed by atoms with Gasteiger partial charge < -0.3 is 16.8 Å². The van der Waals surface area contributed by atoms with E-state index in [4.69, 9.17) is 11.5 Å². The molecule has 2 aromatic heterocycles. The first-order chi connectivity index (χ1) is 15.2. The number of rotatable bonds is 7. The van der Waals surface area contributed by atoms with Crippen LogP contribution in [-0.2, 0) is 6.54 Å². The molecule has 0 aliphatic rings. The molecule has 0 aliphatic carbocycles. The van der Waals surface area contributed by atoms with Gasteiger partial charge in [-0.25, -0.2) is 13.8 Å². The van der Waals surface area contributed by atoms with Gasteiger partial charge in [-0.15, -0.1) is 0 Å². The quantitative estimate of drug-likeness (QED) is 0.469. The van der Waals surface area contributed by atoms with E-state index in [9.17, 15) is 8.78 Å². The fourth-order valence-corrected chi connectivity index (χ4v) is 3.57. The summed E-state index contributed by atoms with van der Waals surface area (Å²) in [5, 5.41) is 3.34. The van der Waals surface area contributed by atoms with Gasteiger partial charge in [0.25, 0.3) is 0 Å². The van der Waals surface area contributed by atoms with Crippen molar-refractivity contribution in [3.63, 3.8) is 0 Å². The normalized spacial score (nSPS) is 12.1. The number of aromatic nitrogens is 2. The number of nitrogen functional groups attached to an aromatic ring is 1. The molecular weight excluding hydrogens is 408 g/mol. The number of nitrogens with zero attached hydrogens (tertiary/aromatic N) is 2. The zero-order valence-electron chi connectivity index (χ0n) is 18.8. The number of pyridine rings is 2. The highest BCUT2D eigenvalue weighted by molar-refractivity contribution is 5.70. The lowest BCUT2D eigenvalue weighted by atomic mass is 9.93. The van der Waals surface area contributed by atoms with E-state index in [1.807, 2.05) is 33.8 Å². The summed E-state index contributed by atoms with van der Waals surface area (Å²) >= 11 is 0. The number of hydrogen-bond acceptors (Lipinski definition) is 5. The maximum atomic E-state index is 14.1. The van der Waals surface area contributed by atoms with Crippen molar-refractivity contribution in [3.8, 4) is 11.3 Å². The van der Waals surface area contributed by atoms with E-state index in [1.165, 1.54) is 24.4 Å². The molecule has 5 N–H and O–H groups in total. The van der Waals surface area contributed by atoms with Crippen molar-refractivity contribution in [1.82, 2.24) is 15.3 Å². The molecule has 168 valence electrons. The highest BCUT2D eigenvalue weighted by Crippen LogP contribution is 2.31. The maximum absolute atomic E-state index is 14.1. The first kappa shape index (κ1) is 23.2. The van der Waals surface area contributed by atoms with Crippen LogP contribution in [-0.4, -0.2) is 9.97 Å². The van der Waals surface area contributed by atoms with Crippen molar-refractivity contribution in [3.05, 3.63) is 82.3 Å². The van der Waals surface area contributed by atoms with Gasteiger partial charge in [-0.1, -0.05) is 20.8 Å². The Bertz CT molecular complexity index is 1160. The molecule has 0 bridgehead atoms. The van der Waals surface area contributed by atoms with Crippen LogP contribution in [0.25, 0.3) is 17.0 Å². The van der Waals surface area contributed by atoms with Gasteiger partial charge in [0.1, 0.15) is 17.5 Å². The molecule has 0 radical (unpaired) electrons. The third kappa shape index (κ3) is 5.04. The van der Waals surface area contributed by atoms with E-state index in [1.54, 1.807) is 12.3 Å². The molecular formula is C25H29F2N5. The molecule has 0 saturated carbocycles. The lowest BCUT2D eigenvalue weighted by Gasteiger charge is -2.18. The second kappa shape index (κ2) is 9.77. The summed E-state index contributed by atoms with van der Waals surface area (Å²) in [6.07, 6.45) is 3.46. The summed E-state index contributed by atoms with van der Waals surface area (Å²) in [6.45, 7) is 8.08. The number of allylic oxidation sites excluding steroid dienone is 1. The van der Waals surface area contributed by atoms with Crippen LogP contribution in [0.5, 0.6) is 0 Å². The van der Waals surface area contributed by atoms with E-state index in [0.717, 1.165) is 22.3 Å². The summed E-state index contributed by atoms with van der Waals surface area (Å²) < 4.78 is 28.0. The van der Waals surface area contributed by atoms with Crippen molar-refractivity contribution >= 4 is 11.5 Å². The van der Waals surface area contributed by atoms with E-state index in [-0.39, 0.29) is 18.3 Å². The maximum Gasteiger partial charge on any atom is 0.141 e. The van der Waals surface area contributed by atoms with Gasteiger partial charge in [0, 0.05) is 35.1 Å². The zero-order valence-corrected chi connectivity index (χ0v) is 18.8. The van der Waals surface area contributed by atoms with E-state index in [0.29, 0.717) is 34.9 Å². The third-order valence-electron chi connectivity index (χ3n) is 5.39. The Morgan fingerprint density at radius 1 is 1.06 bits per heavy atom. The fourth-order valence-electron chi connectivity index (χ4n) is 3.57. The molecule has 3 rings (SSSR count). The van der Waals surface area contributed by atoms with E-state index in [2.05, 4.69) is 15.3 Å². The molecule has 3 aromatic rings. The Balaban J connectivity index is 2.02. The summed E-state index contributed by atoms with van der Waals surface area (Å²) in [7, 11) is 0. The number of aryl methyl sites for hydroxylation is 1. The number of benzene rings is 1. The first-order valence-electron chi connectivity index (χ1n) is 10.6. The van der Waals surface area contributed by atoms with Crippen LogP contribution in [0.2, 0.25) is 0 Å². The second-order valence-electron chi connectivity index (χ2n) is 8.08. The standard InChI is InChI=1S/C25H29F2N5/c1-5-22(28)24(16-8-15(4)25(29)32-12-16)30-11-17-9-19(27)13-31-23(17)20-7-6-18(26)10-21(20)14(2)3/h6-10,12-14,30H,5,11,28H2,1-4H3,(H2,29,32)/b24-22-. The van der Waals surface area contributed by atoms with Crippen molar-refractivity contribution in [2.45, 2.75) is 46.6 Å². The number of hydrogen-bond donors (Lipinski definition) is 3. The smallest absolute Gasteiger partial charge is 0.141 e. The zero-order chi connectivity index (χ0) is 23.4. The van der Waals surface area contributed by atoms with Gasteiger partial charge in [0.15, 0.2) is 0 Å². The highest BCUT2D eigenvalue weighted by Gasteiger charge is 2.16. The number of anilines is 1. The molecule has 0 saturated heterocycles. The first-order valence-corrected chi connectivity index (χ1v) is 10.6. The van der Waals surface area contributed by atoms with Crippen LogP contribution in [0.4, 0.5) is 14.6 Å². The monoisotopic (exact) mass is 437 g/mol. The molecule has 2 heterocycles. The van der Waals surface area contributed by atoms with Crippen LogP contribution in [0.3, 0.4) is 0 Å². The van der Waals surface area contributed by atoms with Gasteiger partial charge in [0.2, 0.25) is 0 Å². The van der Waals surface area contributed by atoms with Gasteiger partial charge in [-0.05, 0) is 60.7 Å². The minimum Gasteiger partial charge on any atom is -0.400 e. The van der Waals surface area contributed by atoms with Crippen molar-refractivity contribution in [2.24, 2.45) is 5.73 Å². The fraction of sp³-hybridized carbons (Fsp3) is 0.280. The topological polar surface area (TPSA) is 89.8 Å². The number of nitrogens with one attached hydrogen (secondary N) is 1. The van der Waals surface area contributed by atoms with Crippen molar-refractivity contribution in [1.29, 1.82) is 0 Å². The van der Waals surface area contributed by atoms with Crippen LogP contribution >= 0.6 is 0 Å². The highest BCUT2D eigenvalue weighted by atomic mass is 19.1. The SMILES string of the molecule is CC/C(N)=C(/NCc1cc(F)cnc1-c1ccc(F)cc1C(C)C)c1cnc(N)c(C)c1. The van der Waals surface area contributed by atoms with Crippen molar-refractivity contribution in [2.75, 3.05) is 5.73 Å². The minimum absolute atomic E-state index is 0.0726. The average Bonchev–Trinajstić information content (AvgIpc) is 2.76. The third-order valence-corrected chi connectivity index (χ3v) is 5.39. The van der Waals surface area contributed by atoms with Gasteiger partial charge in [0.05, 0.1) is 17.6 Å². The predicted octanol–water partition coefficient (Wildman–Crippen LogP) is 5.26. The van der Waals surface area contributed by atoms with Gasteiger partial charge in [-0.2, -0.15) is 0 Å². The molecule has 0 fully saturated rings. The molecule has 0 aliphatic heterocycles. The average molecular weight is 438 g/mol. The van der Waals surface area contributed by atoms with Crippen LogP contribution in [0.15, 0.2) is 48.4 Å². The Morgan fingerprint density at radius 3 is 2.47 bits per heavy atom. The van der Waals surface area contributed by atoms with Gasteiger partial charge >= 0.3 is 0 Å². The summed E-state index contributed by atoms with van der Waals surface area (Å²) in [6, 6.07) is 7.95. The molecule has 7 heteroatoms. The summed E-state index contributed by atoms with van der Waals surface area (Å²) in [4.78, 5) is 8.58. The van der Waals surface area contributed by atoms with Crippen LogP contribution < -0.4 is 16.8 Å². The van der Waals surface area contributed by atoms with Crippen molar-refractivity contribution < 1.29 is 8.78 Å². The lowest BCUT2D eigenvalue weighted by molar-refractivity contribution is 0.617. The molecule has 0 unspecified atom stereocenters. The molecule has 0 atom stereocenters. The Hall–Kier alpha value is -3.48. The molecule has 5 nitrogen and oxygen atoms in total. The number of nitrogens with two attached hydrogens (primary N) is 2. The Kier molecular flexibility index (Phi) is 7.08. The Morgan fingerprint density at radius 2 is 1.81 bits per heavy atom. The summed E-state index contributed by atoms with van der Waals surface area (Å²) in [5.74, 6) is -0.232. The van der Waals surface area contributed by atoms with Crippen LogP contribution in [0, 0.1) is 18.6 Å². The van der Waals surface area contributed by atoms with Crippen LogP contribution in [0.1, 0.15) is 55.4 Å². The minimum atomic E-state index is -0.447. The Labute approximate surface area is 187 Å².